The Balaban J connectivity index is 4.53. The SMILES string of the molecule is CCCCCCCNC(=O)OCC(COC(=O)NCCCCCCNC(=O)NC(=O)NC(=O)NCCCCCCNC(=O)OCC(COC(=O)NC)NC(=O)C(N)CCNC)NC(=O)CCC(C)(C#N)CC(CC)C(=O)NC(C)C. The maximum absolute atomic E-state index is 13.1. The first kappa shape index (κ1) is 73.1. The third-order valence-corrected chi connectivity index (χ3v) is 12.1. The molecule has 0 saturated carbocycles. The minimum Gasteiger partial charge on any atom is -0.447 e. The quantitative estimate of drug-likeness (QED) is 0.0307. The van der Waals surface area contributed by atoms with Crippen LogP contribution in [0.15, 0.2) is 0 Å². The van der Waals surface area contributed by atoms with Crippen molar-refractivity contribution in [3.05, 3.63) is 0 Å². The van der Waals surface area contributed by atoms with E-state index < -0.39 is 83.7 Å². The van der Waals surface area contributed by atoms with Crippen LogP contribution in [0.4, 0.5) is 33.6 Å². The first-order chi connectivity index (χ1) is 38.2. The molecule has 0 bridgehead atoms. The summed E-state index contributed by atoms with van der Waals surface area (Å²) in [4.78, 5) is 123. The van der Waals surface area contributed by atoms with Gasteiger partial charge < -0.3 is 77.8 Å². The van der Waals surface area contributed by atoms with Crippen LogP contribution in [0.25, 0.3) is 0 Å². The van der Waals surface area contributed by atoms with E-state index in [-0.39, 0.29) is 77.3 Å². The van der Waals surface area contributed by atoms with Gasteiger partial charge in [0.15, 0.2) is 0 Å². The lowest BCUT2D eigenvalue weighted by Crippen LogP contribution is -2.50. The van der Waals surface area contributed by atoms with Gasteiger partial charge in [-0.15, -0.1) is 0 Å². The van der Waals surface area contributed by atoms with Crippen LogP contribution in [0.2, 0.25) is 0 Å². The molecule has 0 radical (unpaired) electrons. The largest absolute Gasteiger partial charge is 0.447 e. The normalized spacial score (nSPS) is 12.9. The fourth-order valence-electron chi connectivity index (χ4n) is 7.43. The van der Waals surface area contributed by atoms with Crippen LogP contribution in [0, 0.1) is 22.7 Å². The van der Waals surface area contributed by atoms with Crippen molar-refractivity contribution in [3.63, 3.8) is 0 Å². The number of rotatable bonds is 42. The number of imide groups is 2. The van der Waals surface area contributed by atoms with Crippen LogP contribution in [0.1, 0.15) is 150 Å². The molecule has 0 heterocycles. The number of hydrogen-bond acceptors (Lipinski definition) is 17. The van der Waals surface area contributed by atoms with Gasteiger partial charge in [0.05, 0.1) is 29.6 Å². The summed E-state index contributed by atoms with van der Waals surface area (Å²) in [6.45, 7) is 10.3. The zero-order chi connectivity index (χ0) is 60.0. The molecule has 0 rings (SSSR count). The number of alkyl carbamates (subject to hydrolysis) is 4. The number of unbranched alkanes of at least 4 members (excludes halogenated alkanes) is 10. The van der Waals surface area contributed by atoms with Gasteiger partial charge in [0.2, 0.25) is 17.7 Å². The molecular weight excluding hydrogens is 1040 g/mol. The number of carbonyl (C=O) groups excluding carboxylic acids is 10. The standard InChI is InChI=1S/C52H96N14O14/c1-8-10-11-12-19-27-59-49(74)78-32-39(63-42(67)22-24-52(5,36-53)31-38(9-2)43(68)62-37(3)4)33-79-50(75)60-28-20-15-13-17-25-57-45(70)65-47(72)66-46(71)58-26-18-14-16-21-29-61-51(76)80-35-40(34-77-48(73)56-7)64-44(69)41(54)23-30-55-6/h37-41,55H,8-35,54H2,1-7H3,(H,56,73)(H,59,74)(H,60,75)(H,61,76)(H,62,68)(H,63,67)(H,64,69)(H4,57,58,65,66,70,71,72). The molecule has 458 valence electrons. The van der Waals surface area contributed by atoms with Gasteiger partial charge in [0.1, 0.15) is 26.4 Å². The van der Waals surface area contributed by atoms with Gasteiger partial charge in [-0.2, -0.15) is 5.26 Å². The van der Waals surface area contributed by atoms with E-state index in [0.29, 0.717) is 83.8 Å². The molecule has 14 N–H and O–H groups in total. The van der Waals surface area contributed by atoms with Crippen LogP contribution in [0.5, 0.6) is 0 Å². The van der Waals surface area contributed by atoms with Crippen LogP contribution in [0.3, 0.4) is 0 Å². The summed E-state index contributed by atoms with van der Waals surface area (Å²) in [5.74, 6) is -1.49. The molecule has 0 aliphatic carbocycles. The maximum atomic E-state index is 13.1. The molecule has 5 unspecified atom stereocenters. The molecule has 0 saturated heterocycles. The average Bonchev–Trinajstić information content (AvgIpc) is 3.42. The van der Waals surface area contributed by atoms with Gasteiger partial charge in [-0.05, 0) is 92.2 Å². The topological polar surface area (TPSA) is 402 Å². The highest BCUT2D eigenvalue weighted by atomic mass is 16.6. The summed E-state index contributed by atoms with van der Waals surface area (Å²) in [6, 6.07) is -2.93. The molecule has 0 aliphatic rings. The van der Waals surface area contributed by atoms with Gasteiger partial charge in [-0.3, -0.25) is 25.0 Å². The minimum absolute atomic E-state index is 0.0557. The molecule has 80 heavy (non-hydrogen) atoms. The highest BCUT2D eigenvalue weighted by molar-refractivity contribution is 6.01. The predicted molar refractivity (Wildman–Crippen MR) is 298 cm³/mol. The maximum Gasteiger partial charge on any atom is 0.407 e. The molecular formula is C52H96N14O14. The molecule has 0 aromatic heterocycles. The summed E-state index contributed by atoms with van der Waals surface area (Å²) in [5.41, 5.74) is 4.91. The van der Waals surface area contributed by atoms with E-state index in [1.807, 2.05) is 31.4 Å². The Labute approximate surface area is 472 Å². The summed E-state index contributed by atoms with van der Waals surface area (Å²) < 4.78 is 20.9. The molecule has 28 nitrogen and oxygen atoms in total. The summed E-state index contributed by atoms with van der Waals surface area (Å²) >= 11 is 0. The second kappa shape index (κ2) is 45.9. The number of hydrogen-bond donors (Lipinski definition) is 13. The van der Waals surface area contributed by atoms with E-state index in [1.165, 1.54) is 7.05 Å². The lowest BCUT2D eigenvalue weighted by atomic mass is 9.77. The Morgan fingerprint density at radius 1 is 0.537 bits per heavy atom. The first-order valence-corrected chi connectivity index (χ1v) is 28.1. The minimum atomic E-state index is -1.02. The van der Waals surface area contributed by atoms with Gasteiger partial charge in [-0.25, -0.2) is 33.6 Å². The van der Waals surface area contributed by atoms with Crippen molar-refractivity contribution in [3.8, 4) is 6.07 Å². The second-order valence-corrected chi connectivity index (χ2v) is 19.9. The number of amides is 13. The number of carbonyl (C=O) groups is 10. The van der Waals surface area contributed by atoms with Crippen LogP contribution >= 0.6 is 0 Å². The third kappa shape index (κ3) is 40.3. The molecule has 0 aromatic carbocycles. The highest BCUT2D eigenvalue weighted by Gasteiger charge is 2.32. The van der Waals surface area contributed by atoms with Gasteiger partial charge in [0, 0.05) is 58.2 Å². The zero-order valence-corrected chi connectivity index (χ0v) is 48.4. The Hall–Kier alpha value is -6.89. The van der Waals surface area contributed by atoms with Crippen molar-refractivity contribution in [2.45, 2.75) is 174 Å². The van der Waals surface area contributed by atoms with Crippen LogP contribution in [-0.2, 0) is 33.3 Å². The fraction of sp³-hybridized carbons (Fsp3) is 0.788. The molecule has 0 aliphatic heterocycles. The molecule has 13 amide bonds. The molecule has 0 fully saturated rings. The number of nitrogens with two attached hydrogens (primary N) is 1. The van der Waals surface area contributed by atoms with E-state index >= 15 is 0 Å². The number of nitrogens with zero attached hydrogens (tertiary/aromatic N) is 1. The number of urea groups is 3. The van der Waals surface area contributed by atoms with E-state index in [9.17, 15) is 53.2 Å². The highest BCUT2D eigenvalue weighted by Crippen LogP contribution is 2.32. The van der Waals surface area contributed by atoms with Crippen molar-refractivity contribution in [2.75, 3.05) is 79.8 Å². The summed E-state index contributed by atoms with van der Waals surface area (Å²) in [5, 5.41) is 40.5. The Kier molecular flexibility index (Phi) is 42.0. The first-order valence-electron chi connectivity index (χ1n) is 28.1. The van der Waals surface area contributed by atoms with E-state index in [4.69, 9.17) is 24.7 Å². The number of ether oxygens (including phenoxy) is 4. The Morgan fingerprint density at radius 2 is 0.963 bits per heavy atom. The molecule has 5 atom stereocenters. The van der Waals surface area contributed by atoms with Gasteiger partial charge >= 0.3 is 42.5 Å². The van der Waals surface area contributed by atoms with Gasteiger partial charge in [0.25, 0.3) is 0 Å². The lowest BCUT2D eigenvalue weighted by molar-refractivity contribution is -0.126. The summed E-state index contributed by atoms with van der Waals surface area (Å²) in [6.07, 6.45) is 8.44. The van der Waals surface area contributed by atoms with Crippen LogP contribution < -0.4 is 69.5 Å². The van der Waals surface area contributed by atoms with E-state index in [1.54, 1.807) is 14.0 Å². The van der Waals surface area contributed by atoms with Crippen molar-refractivity contribution in [2.24, 2.45) is 17.1 Å². The van der Waals surface area contributed by atoms with Gasteiger partial charge in [-0.1, -0.05) is 65.2 Å². The third-order valence-electron chi connectivity index (χ3n) is 12.1. The van der Waals surface area contributed by atoms with E-state index in [2.05, 4.69) is 66.2 Å². The number of nitrogens with one attached hydrogen (secondary N) is 12. The summed E-state index contributed by atoms with van der Waals surface area (Å²) in [7, 11) is 3.10. The average molecular weight is 1140 g/mol. The van der Waals surface area contributed by atoms with Crippen molar-refractivity contribution >= 4 is 60.2 Å². The molecule has 0 aromatic rings. The lowest BCUT2D eigenvalue weighted by Gasteiger charge is -2.27. The van der Waals surface area contributed by atoms with Crippen molar-refractivity contribution in [1.82, 2.24) is 63.8 Å². The zero-order valence-electron chi connectivity index (χ0n) is 48.4. The van der Waals surface area contributed by atoms with Crippen molar-refractivity contribution < 1.29 is 66.9 Å². The molecule has 28 heteroatoms. The fourth-order valence-corrected chi connectivity index (χ4v) is 7.43. The van der Waals surface area contributed by atoms with E-state index in [0.717, 1.165) is 32.1 Å². The number of nitriles is 1. The Morgan fingerprint density at radius 3 is 1.36 bits per heavy atom. The smallest absolute Gasteiger partial charge is 0.407 e. The Bertz CT molecular complexity index is 1890. The van der Waals surface area contributed by atoms with Crippen LogP contribution in [-0.4, -0.2) is 164 Å². The van der Waals surface area contributed by atoms with Crippen molar-refractivity contribution in [1.29, 1.82) is 5.26 Å². The predicted octanol–water partition coefficient (Wildman–Crippen LogP) is 3.49. The monoisotopic (exact) mass is 1140 g/mol. The second-order valence-electron chi connectivity index (χ2n) is 19.9. The molecule has 0 spiro atoms.